The number of hydrogen-bond acceptors (Lipinski definition) is 3. The van der Waals surface area contributed by atoms with Crippen molar-refractivity contribution in [2.24, 2.45) is 11.8 Å². The molecule has 0 aromatic heterocycles. The summed E-state index contributed by atoms with van der Waals surface area (Å²) in [6.07, 6.45) is 4.25. The van der Waals surface area contributed by atoms with Crippen molar-refractivity contribution in [1.29, 1.82) is 0 Å². The van der Waals surface area contributed by atoms with Crippen molar-refractivity contribution < 1.29 is 4.74 Å². The van der Waals surface area contributed by atoms with Crippen molar-refractivity contribution in [3.05, 3.63) is 28.8 Å². The third-order valence-electron chi connectivity index (χ3n) is 4.91. The number of nitrogens with one attached hydrogen (secondary N) is 1. The Balaban J connectivity index is 1.69. The van der Waals surface area contributed by atoms with Gasteiger partial charge in [0, 0.05) is 44.0 Å². The quantitative estimate of drug-likeness (QED) is 0.816. The Morgan fingerprint density at radius 2 is 2.05 bits per heavy atom. The maximum Gasteiger partial charge on any atom is 0.0587 e. The number of hydrogen-bond donors (Lipinski definition) is 1. The van der Waals surface area contributed by atoms with E-state index in [1.165, 1.54) is 43.6 Å². The smallest absolute Gasteiger partial charge is 0.0587 e. The molecule has 1 saturated carbocycles. The zero-order valence-corrected chi connectivity index (χ0v) is 13.5. The molecule has 3 nitrogen and oxygen atoms in total. The van der Waals surface area contributed by atoms with Crippen LogP contribution in [-0.2, 0) is 11.3 Å². The second-order valence-corrected chi connectivity index (χ2v) is 6.74. The van der Waals surface area contributed by atoms with Crippen LogP contribution in [0.4, 0.5) is 5.69 Å². The Bertz CT molecular complexity index is 468. The van der Waals surface area contributed by atoms with Gasteiger partial charge >= 0.3 is 0 Å². The van der Waals surface area contributed by atoms with Gasteiger partial charge in [0.1, 0.15) is 0 Å². The highest BCUT2D eigenvalue weighted by atomic mass is 35.5. The fraction of sp³-hybridized carbons (Fsp3) is 0.647. The van der Waals surface area contributed by atoms with Crippen LogP contribution in [0, 0.1) is 11.8 Å². The number of nitrogens with zero attached hydrogens (tertiary/aromatic N) is 1. The second kappa shape index (κ2) is 6.99. The predicted molar refractivity (Wildman–Crippen MR) is 88.1 cm³/mol. The van der Waals surface area contributed by atoms with Crippen molar-refractivity contribution in [3.8, 4) is 0 Å². The summed E-state index contributed by atoms with van der Waals surface area (Å²) in [6, 6.07) is 6.31. The lowest BCUT2D eigenvalue weighted by molar-refractivity contribution is 0.199. The molecule has 0 spiro atoms. The summed E-state index contributed by atoms with van der Waals surface area (Å²) >= 11 is 6.19. The summed E-state index contributed by atoms with van der Waals surface area (Å²) in [7, 11) is 1.73. The number of fused-ring (bicyclic) bond motifs is 1. The van der Waals surface area contributed by atoms with Gasteiger partial charge in [0.2, 0.25) is 0 Å². The van der Waals surface area contributed by atoms with Crippen LogP contribution >= 0.6 is 11.6 Å². The van der Waals surface area contributed by atoms with Gasteiger partial charge in [0.05, 0.1) is 6.61 Å². The molecule has 2 fully saturated rings. The SMILES string of the molecule is COCCNCc1cc(Cl)ccc1N1CC2CCCC2C1. The highest BCUT2D eigenvalue weighted by Gasteiger charge is 2.36. The Morgan fingerprint density at radius 3 is 2.76 bits per heavy atom. The van der Waals surface area contributed by atoms with Gasteiger partial charge in [-0.25, -0.2) is 0 Å². The minimum atomic E-state index is 0.740. The number of ether oxygens (including phenoxy) is 1. The molecule has 1 aliphatic heterocycles. The van der Waals surface area contributed by atoms with E-state index in [-0.39, 0.29) is 0 Å². The molecule has 4 heteroatoms. The van der Waals surface area contributed by atoms with Gasteiger partial charge in [-0.15, -0.1) is 0 Å². The zero-order valence-electron chi connectivity index (χ0n) is 12.8. The summed E-state index contributed by atoms with van der Waals surface area (Å²) in [5.41, 5.74) is 2.66. The molecule has 1 aliphatic carbocycles. The van der Waals surface area contributed by atoms with Crippen LogP contribution in [0.1, 0.15) is 24.8 Å². The molecule has 3 rings (SSSR count). The molecule has 0 amide bonds. The van der Waals surface area contributed by atoms with Gasteiger partial charge in [-0.1, -0.05) is 18.0 Å². The summed E-state index contributed by atoms with van der Waals surface area (Å²) < 4.78 is 5.08. The van der Waals surface area contributed by atoms with Gasteiger partial charge in [0.25, 0.3) is 0 Å². The molecular formula is C17H25ClN2O. The van der Waals surface area contributed by atoms with Crippen molar-refractivity contribution in [1.82, 2.24) is 5.32 Å². The molecule has 21 heavy (non-hydrogen) atoms. The van der Waals surface area contributed by atoms with Crippen molar-refractivity contribution >= 4 is 17.3 Å². The van der Waals surface area contributed by atoms with Crippen LogP contribution in [0.3, 0.4) is 0 Å². The molecule has 1 aromatic carbocycles. The lowest BCUT2D eigenvalue weighted by Gasteiger charge is -2.23. The van der Waals surface area contributed by atoms with Gasteiger partial charge in [-0.2, -0.15) is 0 Å². The first-order valence-corrected chi connectivity index (χ1v) is 8.38. The summed E-state index contributed by atoms with van der Waals surface area (Å²) in [4.78, 5) is 2.57. The first kappa shape index (κ1) is 15.1. The average Bonchev–Trinajstić information content (AvgIpc) is 3.05. The molecule has 0 radical (unpaired) electrons. The molecule has 2 unspecified atom stereocenters. The largest absolute Gasteiger partial charge is 0.383 e. The highest BCUT2D eigenvalue weighted by molar-refractivity contribution is 6.30. The van der Waals surface area contributed by atoms with Crippen molar-refractivity contribution in [2.75, 3.05) is 38.3 Å². The van der Waals surface area contributed by atoms with Gasteiger partial charge in [-0.05, 0) is 48.4 Å². The monoisotopic (exact) mass is 308 g/mol. The van der Waals surface area contributed by atoms with E-state index in [2.05, 4.69) is 22.3 Å². The first-order valence-electron chi connectivity index (χ1n) is 8.01. The van der Waals surface area contributed by atoms with Crippen LogP contribution < -0.4 is 10.2 Å². The average molecular weight is 309 g/mol. The van der Waals surface area contributed by atoms with Crippen molar-refractivity contribution in [3.63, 3.8) is 0 Å². The van der Waals surface area contributed by atoms with Crippen LogP contribution in [0.25, 0.3) is 0 Å². The Hall–Kier alpha value is -0.770. The van der Waals surface area contributed by atoms with E-state index in [4.69, 9.17) is 16.3 Å². The molecule has 2 atom stereocenters. The van der Waals surface area contributed by atoms with E-state index in [1.807, 2.05) is 6.07 Å². The van der Waals surface area contributed by atoms with Crippen molar-refractivity contribution in [2.45, 2.75) is 25.8 Å². The fourth-order valence-electron chi connectivity index (χ4n) is 3.83. The molecular weight excluding hydrogens is 284 g/mol. The van der Waals surface area contributed by atoms with Gasteiger partial charge in [0.15, 0.2) is 0 Å². The van der Waals surface area contributed by atoms with Crippen LogP contribution in [0.15, 0.2) is 18.2 Å². The van der Waals surface area contributed by atoms with E-state index in [1.54, 1.807) is 7.11 Å². The number of rotatable bonds is 6. The van der Waals surface area contributed by atoms with Crippen LogP contribution in [-0.4, -0.2) is 33.4 Å². The molecule has 2 aliphatic rings. The highest BCUT2D eigenvalue weighted by Crippen LogP contribution is 2.40. The number of anilines is 1. The minimum Gasteiger partial charge on any atom is -0.383 e. The van der Waals surface area contributed by atoms with Crippen LogP contribution in [0.2, 0.25) is 5.02 Å². The van der Waals surface area contributed by atoms with E-state index in [0.29, 0.717) is 0 Å². The fourth-order valence-corrected chi connectivity index (χ4v) is 4.03. The molecule has 1 N–H and O–H groups in total. The topological polar surface area (TPSA) is 24.5 Å². The predicted octanol–water partition coefficient (Wildman–Crippen LogP) is 3.31. The van der Waals surface area contributed by atoms with E-state index < -0.39 is 0 Å². The van der Waals surface area contributed by atoms with Gasteiger partial charge < -0.3 is 15.0 Å². The zero-order chi connectivity index (χ0) is 14.7. The molecule has 1 saturated heterocycles. The normalized spacial score (nSPS) is 24.6. The summed E-state index contributed by atoms with van der Waals surface area (Å²) in [6.45, 7) is 4.90. The summed E-state index contributed by atoms with van der Waals surface area (Å²) in [5, 5.41) is 4.25. The number of benzene rings is 1. The standard InChI is InChI=1S/C17H25ClN2O/c1-21-8-7-19-10-15-9-16(18)5-6-17(15)20-11-13-3-2-4-14(13)12-20/h5-6,9,13-14,19H,2-4,7-8,10-12H2,1H3. The molecule has 116 valence electrons. The third kappa shape index (κ3) is 3.53. The Labute approximate surface area is 132 Å². The third-order valence-corrected chi connectivity index (χ3v) is 5.14. The first-order chi connectivity index (χ1) is 10.3. The van der Waals surface area contributed by atoms with E-state index in [0.717, 1.165) is 36.6 Å². The van der Waals surface area contributed by atoms with Gasteiger partial charge in [-0.3, -0.25) is 0 Å². The molecule has 1 aromatic rings. The maximum atomic E-state index is 6.19. The lowest BCUT2D eigenvalue weighted by Crippen LogP contribution is -2.24. The summed E-state index contributed by atoms with van der Waals surface area (Å²) in [5.74, 6) is 1.82. The Kier molecular flexibility index (Phi) is 5.04. The van der Waals surface area contributed by atoms with E-state index in [9.17, 15) is 0 Å². The molecule has 0 bridgehead atoms. The Morgan fingerprint density at radius 1 is 1.29 bits per heavy atom. The maximum absolute atomic E-state index is 6.19. The molecule has 1 heterocycles. The van der Waals surface area contributed by atoms with E-state index >= 15 is 0 Å². The number of halogens is 1. The lowest BCUT2D eigenvalue weighted by atomic mass is 10.0. The minimum absolute atomic E-state index is 0.740. The van der Waals surface area contributed by atoms with Crippen LogP contribution in [0.5, 0.6) is 0 Å². The second-order valence-electron chi connectivity index (χ2n) is 6.30. The number of methoxy groups -OCH3 is 1.